The van der Waals surface area contributed by atoms with Crippen LogP contribution in [0.15, 0.2) is 18.2 Å². The molecule has 1 aliphatic rings. The number of anilines is 1. The second-order valence-corrected chi connectivity index (χ2v) is 4.80. The molecule has 7 heteroatoms. The van der Waals surface area contributed by atoms with Crippen LogP contribution in [0.4, 0.5) is 11.4 Å². The summed E-state index contributed by atoms with van der Waals surface area (Å²) in [5.41, 5.74) is 0.118. The van der Waals surface area contributed by atoms with Gasteiger partial charge in [0.2, 0.25) is 0 Å². The fourth-order valence-corrected chi connectivity index (χ4v) is 1.88. The van der Waals surface area contributed by atoms with E-state index >= 15 is 0 Å². The monoisotopic (exact) mass is 279 g/mol. The number of nitro groups is 1. The number of nitro benzene ring substituents is 1. The highest BCUT2D eigenvalue weighted by Crippen LogP contribution is 2.22. The van der Waals surface area contributed by atoms with Crippen LogP contribution in [0, 0.1) is 10.1 Å². The van der Waals surface area contributed by atoms with Gasteiger partial charge in [0.15, 0.2) is 0 Å². The minimum Gasteiger partial charge on any atom is -0.478 e. The van der Waals surface area contributed by atoms with E-state index in [1.807, 2.05) is 0 Å². The van der Waals surface area contributed by atoms with E-state index in [9.17, 15) is 14.9 Å². The molecular formula is C13H17N3O4. The van der Waals surface area contributed by atoms with E-state index in [2.05, 4.69) is 10.6 Å². The zero-order valence-electron chi connectivity index (χ0n) is 11.0. The number of hydrogen-bond donors (Lipinski definition) is 3. The molecule has 0 amide bonds. The van der Waals surface area contributed by atoms with Crippen LogP contribution in [0.3, 0.4) is 0 Å². The molecule has 3 N–H and O–H groups in total. The van der Waals surface area contributed by atoms with Gasteiger partial charge in [0, 0.05) is 30.4 Å². The van der Waals surface area contributed by atoms with Crippen molar-refractivity contribution in [1.29, 1.82) is 0 Å². The molecule has 0 aromatic heterocycles. The molecule has 1 aromatic carbocycles. The fourth-order valence-electron chi connectivity index (χ4n) is 1.88. The standard InChI is InChI=1S/C13H17N3O4/c17-13(18)11-8-10(16(19)20)4-5-12(11)15-7-1-6-14-9-2-3-9/h4-5,8-9,14-15H,1-3,6-7H2,(H,17,18). The van der Waals surface area contributed by atoms with Crippen molar-refractivity contribution in [3.63, 3.8) is 0 Å². The minimum atomic E-state index is -1.17. The van der Waals surface area contributed by atoms with Crippen LogP contribution in [0.5, 0.6) is 0 Å². The molecule has 0 bridgehead atoms. The first kappa shape index (κ1) is 14.3. The maximum Gasteiger partial charge on any atom is 0.338 e. The topological polar surface area (TPSA) is 104 Å². The molecule has 1 aliphatic carbocycles. The van der Waals surface area contributed by atoms with Gasteiger partial charge < -0.3 is 15.7 Å². The van der Waals surface area contributed by atoms with Crippen LogP contribution in [-0.4, -0.2) is 35.1 Å². The molecule has 1 fully saturated rings. The van der Waals surface area contributed by atoms with Crippen LogP contribution in [0.25, 0.3) is 0 Å². The highest BCUT2D eigenvalue weighted by atomic mass is 16.6. The molecule has 0 radical (unpaired) electrons. The quantitative estimate of drug-likeness (QED) is 0.381. The molecule has 0 heterocycles. The first-order valence-corrected chi connectivity index (χ1v) is 6.57. The van der Waals surface area contributed by atoms with Crippen LogP contribution < -0.4 is 10.6 Å². The van der Waals surface area contributed by atoms with Crippen LogP contribution in [0.2, 0.25) is 0 Å². The zero-order valence-corrected chi connectivity index (χ0v) is 11.0. The predicted molar refractivity (Wildman–Crippen MR) is 74.2 cm³/mol. The second kappa shape index (κ2) is 6.33. The van der Waals surface area contributed by atoms with E-state index in [0.717, 1.165) is 19.0 Å². The number of carbonyl (C=O) groups is 1. The Morgan fingerprint density at radius 2 is 2.15 bits per heavy atom. The van der Waals surface area contributed by atoms with E-state index in [1.54, 1.807) is 0 Å². The highest BCUT2D eigenvalue weighted by molar-refractivity contribution is 5.95. The Kier molecular flexibility index (Phi) is 4.52. The van der Waals surface area contributed by atoms with Gasteiger partial charge >= 0.3 is 5.97 Å². The Hall–Kier alpha value is -2.15. The van der Waals surface area contributed by atoms with Crippen molar-refractivity contribution >= 4 is 17.3 Å². The maximum absolute atomic E-state index is 11.1. The van der Waals surface area contributed by atoms with Crippen molar-refractivity contribution in [2.24, 2.45) is 0 Å². The van der Waals surface area contributed by atoms with E-state index in [-0.39, 0.29) is 11.3 Å². The lowest BCUT2D eigenvalue weighted by atomic mass is 10.1. The lowest BCUT2D eigenvalue weighted by Gasteiger charge is -2.09. The Bertz CT molecular complexity index is 514. The number of aromatic carboxylic acids is 1. The van der Waals surface area contributed by atoms with Crippen LogP contribution in [-0.2, 0) is 0 Å². The Labute approximate surface area is 116 Å². The number of nitrogens with one attached hydrogen (secondary N) is 2. The fraction of sp³-hybridized carbons (Fsp3) is 0.462. The third kappa shape index (κ3) is 3.92. The largest absolute Gasteiger partial charge is 0.478 e. The Morgan fingerprint density at radius 1 is 1.40 bits per heavy atom. The number of non-ortho nitro benzene ring substituents is 1. The number of rotatable bonds is 8. The van der Waals surface area contributed by atoms with E-state index in [4.69, 9.17) is 5.11 Å². The summed E-state index contributed by atoms with van der Waals surface area (Å²) in [6.07, 6.45) is 3.34. The van der Waals surface area contributed by atoms with Gasteiger partial charge in [-0.05, 0) is 31.9 Å². The summed E-state index contributed by atoms with van der Waals surface area (Å²) in [4.78, 5) is 21.1. The average Bonchev–Trinajstić information content (AvgIpc) is 3.22. The van der Waals surface area contributed by atoms with E-state index < -0.39 is 10.9 Å². The summed E-state index contributed by atoms with van der Waals surface area (Å²) >= 11 is 0. The summed E-state index contributed by atoms with van der Waals surface area (Å²) in [6, 6.07) is 4.48. The number of benzene rings is 1. The average molecular weight is 279 g/mol. The highest BCUT2D eigenvalue weighted by Gasteiger charge is 2.19. The number of hydrogen-bond acceptors (Lipinski definition) is 5. The van der Waals surface area contributed by atoms with Crippen molar-refractivity contribution in [2.75, 3.05) is 18.4 Å². The molecular weight excluding hydrogens is 262 g/mol. The van der Waals surface area contributed by atoms with Crippen molar-refractivity contribution in [1.82, 2.24) is 5.32 Å². The molecule has 0 spiro atoms. The normalized spacial score (nSPS) is 14.0. The molecule has 20 heavy (non-hydrogen) atoms. The van der Waals surface area contributed by atoms with Gasteiger partial charge in [-0.25, -0.2) is 4.79 Å². The molecule has 1 saturated carbocycles. The smallest absolute Gasteiger partial charge is 0.338 e. The van der Waals surface area contributed by atoms with E-state index in [0.29, 0.717) is 18.3 Å². The number of nitrogens with zero attached hydrogens (tertiary/aromatic N) is 1. The molecule has 7 nitrogen and oxygen atoms in total. The van der Waals surface area contributed by atoms with Crippen LogP contribution >= 0.6 is 0 Å². The number of carboxylic acids is 1. The summed E-state index contributed by atoms with van der Waals surface area (Å²) in [5, 5.41) is 26.1. The van der Waals surface area contributed by atoms with Crippen molar-refractivity contribution < 1.29 is 14.8 Å². The third-order valence-electron chi connectivity index (χ3n) is 3.12. The SMILES string of the molecule is O=C(O)c1cc([N+](=O)[O-])ccc1NCCCNC1CC1. The second-order valence-electron chi connectivity index (χ2n) is 4.80. The van der Waals surface area contributed by atoms with E-state index in [1.165, 1.54) is 25.0 Å². The molecule has 108 valence electrons. The summed E-state index contributed by atoms with van der Waals surface area (Å²) < 4.78 is 0. The van der Waals surface area contributed by atoms with Crippen molar-refractivity contribution in [3.05, 3.63) is 33.9 Å². The van der Waals surface area contributed by atoms with Crippen LogP contribution in [0.1, 0.15) is 29.6 Å². The summed E-state index contributed by atoms with van der Waals surface area (Å²) in [6.45, 7) is 1.50. The number of carboxylic acid groups (broad SMARTS) is 1. The van der Waals surface area contributed by atoms with Crippen molar-refractivity contribution in [3.8, 4) is 0 Å². The lowest BCUT2D eigenvalue weighted by Crippen LogP contribution is -2.20. The lowest BCUT2D eigenvalue weighted by molar-refractivity contribution is -0.384. The summed E-state index contributed by atoms with van der Waals surface area (Å²) in [7, 11) is 0. The molecule has 2 rings (SSSR count). The predicted octanol–water partition coefficient (Wildman–Crippen LogP) is 1.85. The van der Waals surface area contributed by atoms with Gasteiger partial charge in [0.1, 0.15) is 0 Å². The van der Waals surface area contributed by atoms with Gasteiger partial charge in [-0.15, -0.1) is 0 Å². The Morgan fingerprint density at radius 3 is 2.75 bits per heavy atom. The van der Waals surface area contributed by atoms with Gasteiger partial charge in [-0.2, -0.15) is 0 Å². The van der Waals surface area contributed by atoms with Crippen molar-refractivity contribution in [2.45, 2.75) is 25.3 Å². The van der Waals surface area contributed by atoms with Gasteiger partial charge in [0.25, 0.3) is 5.69 Å². The first-order chi connectivity index (χ1) is 9.58. The third-order valence-corrected chi connectivity index (χ3v) is 3.12. The molecule has 0 aliphatic heterocycles. The minimum absolute atomic E-state index is 0.0747. The maximum atomic E-state index is 11.1. The zero-order chi connectivity index (χ0) is 14.5. The molecule has 0 saturated heterocycles. The molecule has 1 aromatic rings. The summed E-state index contributed by atoms with van der Waals surface area (Å²) in [5.74, 6) is -1.17. The van der Waals surface area contributed by atoms with Gasteiger partial charge in [0.05, 0.1) is 10.5 Å². The first-order valence-electron chi connectivity index (χ1n) is 6.57. The Balaban J connectivity index is 1.91. The molecule has 0 atom stereocenters. The van der Waals surface area contributed by atoms with Gasteiger partial charge in [-0.3, -0.25) is 10.1 Å². The van der Waals surface area contributed by atoms with Gasteiger partial charge in [-0.1, -0.05) is 0 Å². The molecule has 0 unspecified atom stereocenters.